The van der Waals surface area contributed by atoms with Crippen LogP contribution in [0, 0.1) is 0 Å². The van der Waals surface area contributed by atoms with Crippen LogP contribution in [0.1, 0.15) is 0 Å². The predicted octanol–water partition coefficient (Wildman–Crippen LogP) is 1.34. The number of para-hydroxylation sites is 1. The molecule has 0 atom stereocenters. The van der Waals surface area contributed by atoms with Gasteiger partial charge in [-0.3, -0.25) is 9.79 Å². The third-order valence-electron chi connectivity index (χ3n) is 1.82. The molecule has 0 aliphatic heterocycles. The highest BCUT2D eigenvalue weighted by Crippen LogP contribution is 2.37. The largest absolute Gasteiger partial charge is 0.526 e. The number of phosphoric acid groups is 1. The fourth-order valence-corrected chi connectivity index (χ4v) is 1.63. The molecule has 1 aromatic carbocycles. The van der Waals surface area contributed by atoms with Crippen LogP contribution in [-0.4, -0.2) is 19.6 Å². The zero-order valence-corrected chi connectivity index (χ0v) is 8.99. The molecule has 0 saturated heterocycles. The Morgan fingerprint density at radius 1 is 1.19 bits per heavy atom. The summed E-state index contributed by atoms with van der Waals surface area (Å²) in [6.07, 6.45) is 1.40. The van der Waals surface area contributed by atoms with E-state index in [1.54, 1.807) is 24.3 Å². The van der Waals surface area contributed by atoms with Gasteiger partial charge >= 0.3 is 7.82 Å². The third-order valence-corrected chi connectivity index (χ3v) is 2.25. The summed E-state index contributed by atoms with van der Waals surface area (Å²) in [5.74, 6) is -0.000432. The molecule has 0 amide bonds. The lowest BCUT2D eigenvalue weighted by atomic mass is 10.3. The summed E-state index contributed by atoms with van der Waals surface area (Å²) in [7, 11) is -4.56. The lowest BCUT2D eigenvalue weighted by Gasteiger charge is -2.08. The lowest BCUT2D eigenvalue weighted by molar-refractivity contribution is 0.276. The molecule has 2 rings (SSSR count). The first-order valence-electron chi connectivity index (χ1n) is 4.41. The number of nitrogens with zero attached hydrogens (tertiary/aromatic N) is 2. The van der Waals surface area contributed by atoms with E-state index in [0.717, 1.165) is 0 Å². The molecule has 0 saturated carbocycles. The van der Waals surface area contributed by atoms with Crippen molar-refractivity contribution >= 4 is 7.82 Å². The molecule has 0 fully saturated rings. The fraction of sp³-hybridized carbons (Fsp3) is 0. The Kier molecular flexibility index (Phi) is 2.78. The minimum atomic E-state index is -4.56. The molecule has 2 aromatic rings. The predicted molar refractivity (Wildman–Crippen MR) is 56.2 cm³/mol. The van der Waals surface area contributed by atoms with Gasteiger partial charge in [-0.05, 0) is 12.1 Å². The number of hydrogen-bond acceptors (Lipinski definition) is 3. The molecule has 1 heterocycles. The highest BCUT2D eigenvalue weighted by molar-refractivity contribution is 7.46. The second kappa shape index (κ2) is 4.09. The van der Waals surface area contributed by atoms with Gasteiger partial charge in [0, 0.05) is 6.07 Å². The molecule has 16 heavy (non-hydrogen) atoms. The van der Waals surface area contributed by atoms with E-state index in [-0.39, 0.29) is 5.88 Å². The Labute approximate surface area is 91.3 Å². The molecule has 84 valence electrons. The molecule has 6 nitrogen and oxygen atoms in total. The summed E-state index contributed by atoms with van der Waals surface area (Å²) in [6.45, 7) is 0. The zero-order chi connectivity index (χ0) is 11.6. The molecular weight excluding hydrogens is 231 g/mol. The van der Waals surface area contributed by atoms with Gasteiger partial charge < -0.3 is 4.52 Å². The number of phosphoric ester groups is 1. The van der Waals surface area contributed by atoms with Crippen molar-refractivity contribution in [2.45, 2.75) is 0 Å². The summed E-state index contributed by atoms with van der Waals surface area (Å²) < 4.78 is 16.5. The highest BCUT2D eigenvalue weighted by Gasteiger charge is 2.19. The van der Waals surface area contributed by atoms with Crippen molar-refractivity contribution in [3.8, 4) is 11.6 Å². The van der Waals surface area contributed by atoms with Crippen molar-refractivity contribution in [2.75, 3.05) is 0 Å². The van der Waals surface area contributed by atoms with Crippen molar-refractivity contribution in [2.24, 2.45) is 0 Å². The van der Waals surface area contributed by atoms with Crippen molar-refractivity contribution in [3.05, 3.63) is 42.6 Å². The minimum absolute atomic E-state index is 0.000432. The molecule has 0 aliphatic carbocycles. The van der Waals surface area contributed by atoms with Crippen molar-refractivity contribution in [3.63, 3.8) is 0 Å². The van der Waals surface area contributed by atoms with Crippen molar-refractivity contribution in [1.29, 1.82) is 0 Å². The van der Waals surface area contributed by atoms with E-state index >= 15 is 0 Å². The maximum absolute atomic E-state index is 10.7. The van der Waals surface area contributed by atoms with Crippen molar-refractivity contribution in [1.82, 2.24) is 9.78 Å². The maximum Gasteiger partial charge on any atom is 0.526 e. The Morgan fingerprint density at radius 2 is 1.88 bits per heavy atom. The van der Waals surface area contributed by atoms with Crippen molar-refractivity contribution < 1.29 is 18.9 Å². The number of aromatic nitrogens is 2. The normalized spacial score (nSPS) is 11.4. The smallest absolute Gasteiger partial charge is 0.386 e. The van der Waals surface area contributed by atoms with Gasteiger partial charge in [0.15, 0.2) is 0 Å². The van der Waals surface area contributed by atoms with Crippen LogP contribution < -0.4 is 4.52 Å². The Hall–Kier alpha value is -1.62. The Balaban J connectivity index is 2.37. The van der Waals surface area contributed by atoms with Crippen LogP contribution in [0.3, 0.4) is 0 Å². The third kappa shape index (κ3) is 2.49. The fourth-order valence-electron chi connectivity index (χ4n) is 1.25. The summed E-state index contributed by atoms with van der Waals surface area (Å²) in [4.78, 5) is 17.4. The maximum atomic E-state index is 10.7. The van der Waals surface area contributed by atoms with E-state index in [1.807, 2.05) is 6.07 Å². The van der Waals surface area contributed by atoms with E-state index < -0.39 is 7.82 Å². The Bertz CT molecular complexity index is 519. The second-order valence-corrected chi connectivity index (χ2v) is 4.16. The molecule has 0 radical (unpaired) electrons. The van der Waals surface area contributed by atoms with Gasteiger partial charge in [-0.2, -0.15) is 5.10 Å². The number of rotatable bonds is 3. The molecule has 7 heteroatoms. The summed E-state index contributed by atoms with van der Waals surface area (Å²) in [6, 6.07) is 10.3. The van der Waals surface area contributed by atoms with E-state index in [0.29, 0.717) is 5.69 Å². The van der Waals surface area contributed by atoms with Crippen LogP contribution in [0.5, 0.6) is 5.88 Å². The van der Waals surface area contributed by atoms with E-state index in [1.165, 1.54) is 16.9 Å². The summed E-state index contributed by atoms with van der Waals surface area (Å²) in [5, 5.41) is 3.92. The second-order valence-electron chi connectivity index (χ2n) is 3.00. The average molecular weight is 240 g/mol. The first-order chi connectivity index (χ1) is 7.56. The summed E-state index contributed by atoms with van der Waals surface area (Å²) >= 11 is 0. The van der Waals surface area contributed by atoms with Gasteiger partial charge in [0.25, 0.3) is 0 Å². The molecule has 0 aliphatic rings. The van der Waals surface area contributed by atoms with Crippen LogP contribution in [0.25, 0.3) is 5.69 Å². The zero-order valence-electron chi connectivity index (χ0n) is 8.09. The molecule has 0 spiro atoms. The van der Waals surface area contributed by atoms with Crippen LogP contribution in [0.4, 0.5) is 0 Å². The molecule has 0 bridgehead atoms. The Morgan fingerprint density at radius 3 is 2.50 bits per heavy atom. The van der Waals surface area contributed by atoms with E-state index in [9.17, 15) is 4.57 Å². The van der Waals surface area contributed by atoms with Gasteiger partial charge in [-0.15, -0.1) is 0 Å². The van der Waals surface area contributed by atoms with Gasteiger partial charge in [0.1, 0.15) is 0 Å². The lowest BCUT2D eigenvalue weighted by Crippen LogP contribution is -2.00. The van der Waals surface area contributed by atoms with Gasteiger partial charge in [0.2, 0.25) is 5.88 Å². The molecular formula is C9H9N2O4P. The van der Waals surface area contributed by atoms with E-state index in [2.05, 4.69) is 9.62 Å². The van der Waals surface area contributed by atoms with Gasteiger partial charge in [-0.1, -0.05) is 18.2 Å². The molecule has 0 unspecified atom stereocenters. The SMILES string of the molecule is O=P(O)(O)Oc1ccnn1-c1ccccc1. The van der Waals surface area contributed by atoms with Crippen LogP contribution >= 0.6 is 7.82 Å². The summed E-state index contributed by atoms with van der Waals surface area (Å²) in [5.41, 5.74) is 0.663. The quantitative estimate of drug-likeness (QED) is 0.791. The van der Waals surface area contributed by atoms with Gasteiger partial charge in [-0.25, -0.2) is 9.25 Å². The van der Waals surface area contributed by atoms with Crippen LogP contribution in [-0.2, 0) is 4.57 Å². The van der Waals surface area contributed by atoms with Crippen LogP contribution in [0.2, 0.25) is 0 Å². The minimum Gasteiger partial charge on any atom is -0.386 e. The van der Waals surface area contributed by atoms with Crippen LogP contribution in [0.15, 0.2) is 42.6 Å². The topological polar surface area (TPSA) is 84.6 Å². The number of hydrogen-bond donors (Lipinski definition) is 2. The standard InChI is InChI=1S/C9H9N2O4P/c12-16(13,14)15-9-6-7-10-11(9)8-4-2-1-3-5-8/h1-7H,(H2,12,13,14). The highest BCUT2D eigenvalue weighted by atomic mass is 31.2. The van der Waals surface area contributed by atoms with E-state index in [4.69, 9.17) is 9.79 Å². The molecule has 2 N–H and O–H groups in total. The monoisotopic (exact) mass is 240 g/mol. The first-order valence-corrected chi connectivity index (χ1v) is 5.94. The number of benzene rings is 1. The average Bonchev–Trinajstić information content (AvgIpc) is 2.64. The van der Waals surface area contributed by atoms with Gasteiger partial charge in [0.05, 0.1) is 11.9 Å². The first kappa shape index (κ1) is 10.9. The molecule has 1 aromatic heterocycles.